The van der Waals surface area contributed by atoms with Gasteiger partial charge in [-0.2, -0.15) is 0 Å². The van der Waals surface area contributed by atoms with Gasteiger partial charge in [0, 0.05) is 11.9 Å². The van der Waals surface area contributed by atoms with Crippen molar-refractivity contribution in [3.63, 3.8) is 0 Å². The van der Waals surface area contributed by atoms with Crippen LogP contribution in [0.5, 0.6) is 0 Å². The van der Waals surface area contributed by atoms with Gasteiger partial charge in [0.25, 0.3) is 5.91 Å². The predicted molar refractivity (Wildman–Crippen MR) is 47.0 cm³/mol. The molecule has 0 heterocycles. The van der Waals surface area contributed by atoms with Crippen LogP contribution in [0, 0.1) is 5.82 Å². The van der Waals surface area contributed by atoms with Crippen LogP contribution in [0.2, 0.25) is 0 Å². The average molecular weight is 185 g/mol. The van der Waals surface area contributed by atoms with Crippen LogP contribution < -0.4 is 5.32 Å². The van der Waals surface area contributed by atoms with E-state index in [0.717, 1.165) is 0 Å². The monoisotopic (exact) mass is 185 g/mol. The van der Waals surface area contributed by atoms with E-state index in [1.165, 1.54) is 25.2 Å². The highest BCUT2D eigenvalue weighted by atomic mass is 32.1. The molecule has 0 saturated carbocycles. The molecule has 4 heteroatoms. The van der Waals surface area contributed by atoms with Crippen LogP contribution in [-0.4, -0.2) is 13.0 Å². The predicted octanol–water partition coefficient (Wildman–Crippen LogP) is 1.47. The largest absolute Gasteiger partial charge is 0.355 e. The number of benzene rings is 1. The van der Waals surface area contributed by atoms with Crippen molar-refractivity contribution in [1.29, 1.82) is 0 Å². The van der Waals surface area contributed by atoms with Gasteiger partial charge in [-0.3, -0.25) is 4.79 Å². The van der Waals surface area contributed by atoms with E-state index in [1.807, 2.05) is 0 Å². The van der Waals surface area contributed by atoms with Crippen LogP contribution in [0.4, 0.5) is 4.39 Å². The molecule has 1 aromatic carbocycles. The lowest BCUT2D eigenvalue weighted by atomic mass is 10.2. The molecule has 0 aliphatic heterocycles. The van der Waals surface area contributed by atoms with Gasteiger partial charge in [0.2, 0.25) is 0 Å². The van der Waals surface area contributed by atoms with E-state index < -0.39 is 5.82 Å². The van der Waals surface area contributed by atoms with Gasteiger partial charge in [-0.05, 0) is 18.2 Å². The first kappa shape index (κ1) is 9.06. The highest BCUT2D eigenvalue weighted by Crippen LogP contribution is 2.14. The van der Waals surface area contributed by atoms with Gasteiger partial charge in [0.1, 0.15) is 5.82 Å². The first-order valence-electron chi connectivity index (χ1n) is 3.35. The normalized spacial score (nSPS) is 9.58. The fourth-order valence-corrected chi connectivity index (χ4v) is 1.13. The smallest absolute Gasteiger partial charge is 0.252 e. The lowest BCUT2D eigenvalue weighted by Gasteiger charge is -2.02. The third kappa shape index (κ3) is 1.76. The van der Waals surface area contributed by atoms with Gasteiger partial charge in [0.05, 0.1) is 5.56 Å². The molecular weight excluding hydrogens is 177 g/mol. The Kier molecular flexibility index (Phi) is 2.70. The molecule has 0 spiro atoms. The SMILES string of the molecule is CNC(=O)c1ccc(F)cc1S. The molecule has 0 fully saturated rings. The fourth-order valence-electron chi connectivity index (χ4n) is 0.831. The Balaban J connectivity index is 3.09. The van der Waals surface area contributed by atoms with E-state index in [1.54, 1.807) is 0 Å². The summed E-state index contributed by atoms with van der Waals surface area (Å²) in [5.74, 6) is -0.660. The first-order chi connectivity index (χ1) is 5.65. The summed E-state index contributed by atoms with van der Waals surface area (Å²) in [4.78, 5) is 11.4. The van der Waals surface area contributed by atoms with Crippen LogP contribution in [0.25, 0.3) is 0 Å². The fraction of sp³-hybridized carbons (Fsp3) is 0.125. The molecule has 1 rings (SSSR count). The standard InChI is InChI=1S/C8H8FNOS/c1-10-8(11)6-3-2-5(9)4-7(6)12/h2-4,12H,1H3,(H,10,11). The van der Waals surface area contributed by atoms with Gasteiger partial charge in [0.15, 0.2) is 0 Å². The molecule has 0 aliphatic carbocycles. The van der Waals surface area contributed by atoms with Crippen molar-refractivity contribution < 1.29 is 9.18 Å². The number of nitrogens with one attached hydrogen (secondary N) is 1. The minimum absolute atomic E-state index is 0.264. The summed E-state index contributed by atoms with van der Waals surface area (Å²) >= 11 is 3.96. The molecule has 0 radical (unpaired) electrons. The number of carbonyl (C=O) groups is 1. The van der Waals surface area contributed by atoms with Gasteiger partial charge in [-0.25, -0.2) is 4.39 Å². The number of carbonyl (C=O) groups excluding carboxylic acids is 1. The summed E-state index contributed by atoms with van der Waals surface area (Å²) in [7, 11) is 1.51. The topological polar surface area (TPSA) is 29.1 Å². The van der Waals surface area contributed by atoms with Crippen molar-refractivity contribution in [2.24, 2.45) is 0 Å². The zero-order valence-corrected chi connectivity index (χ0v) is 7.36. The lowest BCUT2D eigenvalue weighted by molar-refractivity contribution is 0.0960. The Hall–Kier alpha value is -1.03. The Labute approximate surface area is 75.2 Å². The van der Waals surface area contributed by atoms with Gasteiger partial charge in [-0.15, -0.1) is 12.6 Å². The van der Waals surface area contributed by atoms with Crippen LogP contribution >= 0.6 is 12.6 Å². The van der Waals surface area contributed by atoms with Gasteiger partial charge >= 0.3 is 0 Å². The second kappa shape index (κ2) is 3.58. The van der Waals surface area contributed by atoms with E-state index in [9.17, 15) is 9.18 Å². The van der Waals surface area contributed by atoms with Crippen LogP contribution in [0.1, 0.15) is 10.4 Å². The van der Waals surface area contributed by atoms with Crippen molar-refractivity contribution >= 4 is 18.5 Å². The third-order valence-electron chi connectivity index (χ3n) is 1.43. The molecule has 2 nitrogen and oxygen atoms in total. The quantitative estimate of drug-likeness (QED) is 0.637. The number of thiol groups is 1. The second-order valence-electron chi connectivity index (χ2n) is 2.24. The highest BCUT2D eigenvalue weighted by Gasteiger charge is 2.07. The van der Waals surface area contributed by atoms with Gasteiger partial charge < -0.3 is 5.32 Å². The van der Waals surface area contributed by atoms with E-state index in [4.69, 9.17) is 0 Å². The molecule has 0 unspecified atom stereocenters. The molecule has 1 N–H and O–H groups in total. The lowest BCUT2D eigenvalue weighted by Crippen LogP contribution is -2.18. The molecule has 64 valence electrons. The molecular formula is C8H8FNOS. The molecule has 1 aromatic rings. The van der Waals surface area contributed by atoms with Crippen molar-refractivity contribution in [2.75, 3.05) is 7.05 Å². The summed E-state index contributed by atoms with van der Waals surface area (Å²) in [6.07, 6.45) is 0. The molecule has 0 saturated heterocycles. The van der Waals surface area contributed by atoms with Crippen LogP contribution in [0.3, 0.4) is 0 Å². The number of hydrogen-bond donors (Lipinski definition) is 2. The molecule has 12 heavy (non-hydrogen) atoms. The molecule has 0 aliphatic rings. The third-order valence-corrected chi connectivity index (χ3v) is 1.80. The number of rotatable bonds is 1. The zero-order valence-electron chi connectivity index (χ0n) is 6.47. The van der Waals surface area contributed by atoms with Crippen molar-refractivity contribution in [2.45, 2.75) is 4.90 Å². The Morgan fingerprint density at radius 1 is 1.58 bits per heavy atom. The second-order valence-corrected chi connectivity index (χ2v) is 2.72. The average Bonchev–Trinajstić information content (AvgIpc) is 2.03. The first-order valence-corrected chi connectivity index (χ1v) is 3.80. The van der Waals surface area contributed by atoms with E-state index in [2.05, 4.69) is 17.9 Å². The number of hydrogen-bond acceptors (Lipinski definition) is 2. The zero-order chi connectivity index (χ0) is 9.14. The maximum atomic E-state index is 12.5. The van der Waals surface area contributed by atoms with Crippen molar-refractivity contribution in [3.05, 3.63) is 29.6 Å². The minimum atomic E-state index is -0.396. The summed E-state index contributed by atoms with van der Waals surface area (Å²) < 4.78 is 12.5. The molecule has 0 atom stereocenters. The Morgan fingerprint density at radius 2 is 2.25 bits per heavy atom. The molecule has 0 bridgehead atoms. The minimum Gasteiger partial charge on any atom is -0.355 e. The van der Waals surface area contributed by atoms with Crippen LogP contribution in [-0.2, 0) is 0 Å². The summed E-state index contributed by atoms with van der Waals surface area (Å²) in [6.45, 7) is 0. The Morgan fingerprint density at radius 3 is 2.75 bits per heavy atom. The molecule has 1 amide bonds. The van der Waals surface area contributed by atoms with Gasteiger partial charge in [-0.1, -0.05) is 0 Å². The highest BCUT2D eigenvalue weighted by molar-refractivity contribution is 7.80. The molecule has 0 aromatic heterocycles. The van der Waals surface area contributed by atoms with E-state index in [-0.39, 0.29) is 5.91 Å². The maximum Gasteiger partial charge on any atom is 0.252 e. The number of amides is 1. The van der Waals surface area contributed by atoms with E-state index >= 15 is 0 Å². The van der Waals surface area contributed by atoms with Crippen molar-refractivity contribution in [3.8, 4) is 0 Å². The summed E-state index contributed by atoms with van der Waals surface area (Å²) in [5, 5.41) is 2.43. The van der Waals surface area contributed by atoms with Crippen molar-refractivity contribution in [1.82, 2.24) is 5.32 Å². The maximum absolute atomic E-state index is 12.5. The number of halogens is 1. The summed E-state index contributed by atoms with van der Waals surface area (Å²) in [6, 6.07) is 3.83. The summed E-state index contributed by atoms with van der Waals surface area (Å²) in [5.41, 5.74) is 0.377. The van der Waals surface area contributed by atoms with Crippen LogP contribution in [0.15, 0.2) is 23.1 Å². The van der Waals surface area contributed by atoms with E-state index in [0.29, 0.717) is 10.5 Å². The Bertz CT molecular complexity index is 314.